The number of unbranched alkanes of at least 4 members (excludes halogenated alkanes) is 11. The second kappa shape index (κ2) is 20.5. The van der Waals surface area contributed by atoms with Gasteiger partial charge in [0.25, 0.3) is 0 Å². The molecule has 4 heteroatoms. The maximum Gasteiger partial charge on any atom is 0.306 e. The van der Waals surface area contributed by atoms with Gasteiger partial charge in [0.1, 0.15) is 6.29 Å². The highest BCUT2D eigenvalue weighted by Gasteiger charge is 2.02. The van der Waals surface area contributed by atoms with Crippen LogP contribution in [-0.2, 0) is 14.3 Å². The predicted molar refractivity (Wildman–Crippen MR) is 105 cm³/mol. The Morgan fingerprint density at radius 2 is 1.38 bits per heavy atom. The molecule has 0 unspecified atom stereocenters. The zero-order chi connectivity index (χ0) is 17.7. The summed E-state index contributed by atoms with van der Waals surface area (Å²) in [4.78, 5) is 21.6. The van der Waals surface area contributed by atoms with Crippen LogP contribution in [0.25, 0.3) is 0 Å². The molecule has 0 bridgehead atoms. The van der Waals surface area contributed by atoms with Crippen molar-refractivity contribution < 1.29 is 14.3 Å². The van der Waals surface area contributed by atoms with Gasteiger partial charge in [0.15, 0.2) is 0 Å². The predicted octanol–water partition coefficient (Wildman–Crippen LogP) is 5.94. The largest absolute Gasteiger partial charge is 0.466 e. The molecule has 0 aliphatic carbocycles. The van der Waals surface area contributed by atoms with Crippen molar-refractivity contribution in [3.8, 4) is 0 Å². The number of aldehydes is 1. The molecule has 0 aliphatic rings. The van der Waals surface area contributed by atoms with Gasteiger partial charge in [0, 0.05) is 12.2 Å². The lowest BCUT2D eigenvalue weighted by Crippen LogP contribution is -2.07. The van der Waals surface area contributed by atoms with E-state index >= 15 is 0 Å². The smallest absolute Gasteiger partial charge is 0.306 e. The minimum absolute atomic E-state index is 0.100. The monoisotopic (exact) mass is 358 g/mol. The quantitative estimate of drug-likeness (QED) is 0.163. The summed E-state index contributed by atoms with van der Waals surface area (Å²) in [7, 11) is 0. The van der Waals surface area contributed by atoms with Gasteiger partial charge in [0.2, 0.25) is 0 Å². The highest BCUT2D eigenvalue weighted by molar-refractivity contribution is 7.99. The number of ether oxygens (including phenoxy) is 1. The summed E-state index contributed by atoms with van der Waals surface area (Å²) in [6.45, 7) is 2.83. The van der Waals surface area contributed by atoms with Gasteiger partial charge in [0.05, 0.1) is 13.0 Å². The van der Waals surface area contributed by atoms with Crippen LogP contribution in [-0.4, -0.2) is 30.4 Å². The average molecular weight is 359 g/mol. The molecule has 0 aromatic carbocycles. The summed E-state index contributed by atoms with van der Waals surface area (Å²) in [5.74, 6) is 1.46. The van der Waals surface area contributed by atoms with E-state index in [2.05, 4.69) is 6.92 Å². The number of esters is 1. The van der Waals surface area contributed by atoms with Crippen LogP contribution in [0.5, 0.6) is 0 Å². The molecule has 0 amide bonds. The Balaban J connectivity index is 3.11. The molecule has 24 heavy (non-hydrogen) atoms. The number of rotatable bonds is 19. The molecule has 0 saturated carbocycles. The van der Waals surface area contributed by atoms with Crippen molar-refractivity contribution in [1.29, 1.82) is 0 Å². The first-order valence-electron chi connectivity index (χ1n) is 9.98. The summed E-state index contributed by atoms with van der Waals surface area (Å²) in [6, 6.07) is 0. The highest BCUT2D eigenvalue weighted by atomic mass is 32.2. The lowest BCUT2D eigenvalue weighted by molar-refractivity contribution is -0.143. The van der Waals surface area contributed by atoms with Crippen LogP contribution in [0.1, 0.15) is 96.8 Å². The Morgan fingerprint density at radius 3 is 1.92 bits per heavy atom. The molecule has 0 N–H and O–H groups in total. The van der Waals surface area contributed by atoms with Crippen LogP contribution >= 0.6 is 11.8 Å². The maximum atomic E-state index is 11.5. The van der Waals surface area contributed by atoms with Crippen molar-refractivity contribution in [2.45, 2.75) is 96.8 Å². The van der Waals surface area contributed by atoms with E-state index in [-0.39, 0.29) is 5.97 Å². The Kier molecular flexibility index (Phi) is 20.1. The van der Waals surface area contributed by atoms with Gasteiger partial charge < -0.3 is 9.53 Å². The van der Waals surface area contributed by atoms with Crippen molar-refractivity contribution >= 4 is 24.0 Å². The summed E-state index contributed by atoms with van der Waals surface area (Å²) < 4.78 is 5.22. The van der Waals surface area contributed by atoms with Gasteiger partial charge in [-0.25, -0.2) is 0 Å². The minimum atomic E-state index is -0.100. The van der Waals surface area contributed by atoms with E-state index in [0.717, 1.165) is 30.6 Å². The molecule has 0 aromatic heterocycles. The molecule has 0 spiro atoms. The second-order valence-corrected chi connectivity index (χ2v) is 7.65. The molecule has 142 valence electrons. The Bertz CT molecular complexity index is 282. The van der Waals surface area contributed by atoms with Gasteiger partial charge in [-0.15, -0.1) is 0 Å². The van der Waals surface area contributed by atoms with E-state index in [1.165, 1.54) is 64.2 Å². The van der Waals surface area contributed by atoms with Gasteiger partial charge in [-0.2, -0.15) is 11.8 Å². The first kappa shape index (κ1) is 23.5. The van der Waals surface area contributed by atoms with Crippen LogP contribution in [0, 0.1) is 0 Å². The van der Waals surface area contributed by atoms with E-state index in [9.17, 15) is 9.59 Å². The van der Waals surface area contributed by atoms with E-state index in [0.29, 0.717) is 19.4 Å². The van der Waals surface area contributed by atoms with Gasteiger partial charge in [-0.1, -0.05) is 77.6 Å². The molecule has 0 aliphatic heterocycles. The van der Waals surface area contributed by atoms with E-state index < -0.39 is 0 Å². The molecule has 0 heterocycles. The first-order chi connectivity index (χ1) is 11.8. The minimum Gasteiger partial charge on any atom is -0.466 e. The zero-order valence-corrected chi connectivity index (χ0v) is 16.5. The normalized spacial score (nSPS) is 10.7. The van der Waals surface area contributed by atoms with Crippen LogP contribution in [0.15, 0.2) is 0 Å². The van der Waals surface area contributed by atoms with Crippen LogP contribution in [0.4, 0.5) is 0 Å². The fraction of sp³-hybridized carbons (Fsp3) is 0.900. The van der Waals surface area contributed by atoms with Crippen molar-refractivity contribution in [1.82, 2.24) is 0 Å². The third kappa shape index (κ3) is 19.5. The second-order valence-electron chi connectivity index (χ2n) is 6.43. The fourth-order valence-corrected chi connectivity index (χ4v) is 3.37. The highest BCUT2D eigenvalue weighted by Crippen LogP contribution is 2.12. The summed E-state index contributed by atoms with van der Waals surface area (Å²) >= 11 is 1.64. The molecule has 0 fully saturated rings. The standard InChI is InChI=1S/C20H38O3S/c1-2-3-4-5-6-7-8-9-10-11-12-13-17-23-20(22)15-19-24-18-14-16-21/h16H,2-15,17-19H2,1H3. The average Bonchev–Trinajstić information content (AvgIpc) is 2.59. The summed E-state index contributed by atoms with van der Waals surface area (Å²) in [5.41, 5.74) is 0. The van der Waals surface area contributed by atoms with E-state index in [1.54, 1.807) is 11.8 Å². The number of thioether (sulfide) groups is 1. The molecular weight excluding hydrogens is 320 g/mol. The van der Waals surface area contributed by atoms with Gasteiger partial charge in [-0.3, -0.25) is 4.79 Å². The number of carbonyl (C=O) groups excluding carboxylic acids is 2. The lowest BCUT2D eigenvalue weighted by Gasteiger charge is -2.05. The Labute approximate surface area is 153 Å². The molecule has 0 radical (unpaired) electrons. The molecular formula is C20H38O3S. The zero-order valence-electron chi connectivity index (χ0n) is 15.7. The maximum absolute atomic E-state index is 11.5. The third-order valence-electron chi connectivity index (χ3n) is 4.09. The lowest BCUT2D eigenvalue weighted by atomic mass is 10.1. The molecule has 0 atom stereocenters. The van der Waals surface area contributed by atoms with Crippen molar-refractivity contribution in [2.24, 2.45) is 0 Å². The van der Waals surface area contributed by atoms with Gasteiger partial charge >= 0.3 is 5.97 Å². The molecule has 3 nitrogen and oxygen atoms in total. The van der Waals surface area contributed by atoms with Gasteiger partial charge in [-0.05, 0) is 12.2 Å². The number of hydrogen-bond donors (Lipinski definition) is 0. The summed E-state index contributed by atoms with van der Waals surface area (Å²) in [5, 5.41) is 0. The van der Waals surface area contributed by atoms with Crippen molar-refractivity contribution in [2.75, 3.05) is 18.1 Å². The third-order valence-corrected chi connectivity index (χ3v) is 5.11. The van der Waals surface area contributed by atoms with Crippen LogP contribution < -0.4 is 0 Å². The Morgan fingerprint density at radius 1 is 0.833 bits per heavy atom. The van der Waals surface area contributed by atoms with E-state index in [1.807, 2.05) is 0 Å². The van der Waals surface area contributed by atoms with Crippen molar-refractivity contribution in [3.63, 3.8) is 0 Å². The SMILES string of the molecule is CCCCCCCCCCCCCCOC(=O)CCSCCC=O. The summed E-state index contributed by atoms with van der Waals surface area (Å²) in [6.07, 6.45) is 17.7. The Hall–Kier alpha value is -0.510. The topological polar surface area (TPSA) is 43.4 Å². The molecule has 0 rings (SSSR count). The first-order valence-corrected chi connectivity index (χ1v) is 11.1. The molecule has 0 aromatic rings. The van der Waals surface area contributed by atoms with Crippen LogP contribution in [0.3, 0.4) is 0 Å². The molecule has 0 saturated heterocycles. The van der Waals surface area contributed by atoms with Crippen molar-refractivity contribution in [3.05, 3.63) is 0 Å². The van der Waals surface area contributed by atoms with Crippen LogP contribution in [0.2, 0.25) is 0 Å². The number of hydrogen-bond acceptors (Lipinski definition) is 4. The number of carbonyl (C=O) groups is 2. The van der Waals surface area contributed by atoms with E-state index in [4.69, 9.17) is 4.74 Å². The fourth-order valence-electron chi connectivity index (χ4n) is 2.59.